The molecule has 4 heteroatoms. The first-order valence-corrected chi connectivity index (χ1v) is 10.2. The van der Waals surface area contributed by atoms with E-state index in [1.807, 2.05) is 37.4 Å². The van der Waals surface area contributed by atoms with Crippen LogP contribution >= 0.6 is 0 Å². The van der Waals surface area contributed by atoms with Crippen LogP contribution in [0.2, 0.25) is 0 Å². The molecule has 0 bridgehead atoms. The SMILES string of the molecule is CC1CN(Cc2ccc(C(=O)N(C)c3ccc4ccccc4c3)cc2)CC(C)O1. The average Bonchev–Trinajstić information content (AvgIpc) is 2.72. The number of morpholine rings is 1. The summed E-state index contributed by atoms with van der Waals surface area (Å²) in [4.78, 5) is 17.1. The lowest BCUT2D eigenvalue weighted by atomic mass is 10.1. The highest BCUT2D eigenvalue weighted by atomic mass is 16.5. The van der Waals surface area contributed by atoms with E-state index in [-0.39, 0.29) is 18.1 Å². The van der Waals surface area contributed by atoms with E-state index >= 15 is 0 Å². The van der Waals surface area contributed by atoms with E-state index in [0.29, 0.717) is 5.56 Å². The van der Waals surface area contributed by atoms with Crippen LogP contribution in [-0.2, 0) is 11.3 Å². The van der Waals surface area contributed by atoms with Crippen molar-refractivity contribution in [1.29, 1.82) is 0 Å². The molecule has 2 unspecified atom stereocenters. The molecule has 0 aromatic heterocycles. The Balaban J connectivity index is 1.45. The van der Waals surface area contributed by atoms with Crippen LogP contribution in [0.15, 0.2) is 66.7 Å². The molecular formula is C25H28N2O2. The van der Waals surface area contributed by atoms with Crippen molar-refractivity contribution in [3.63, 3.8) is 0 Å². The molecule has 0 saturated carbocycles. The van der Waals surface area contributed by atoms with Gasteiger partial charge in [0.15, 0.2) is 0 Å². The van der Waals surface area contributed by atoms with Crippen LogP contribution < -0.4 is 4.90 Å². The van der Waals surface area contributed by atoms with Crippen molar-refractivity contribution in [2.45, 2.75) is 32.6 Å². The molecule has 4 rings (SSSR count). The Labute approximate surface area is 172 Å². The van der Waals surface area contributed by atoms with Gasteiger partial charge in [0.2, 0.25) is 0 Å². The van der Waals surface area contributed by atoms with Crippen LogP contribution in [0.1, 0.15) is 29.8 Å². The van der Waals surface area contributed by atoms with Crippen LogP contribution in [0.4, 0.5) is 5.69 Å². The minimum atomic E-state index is 0.000415. The lowest BCUT2D eigenvalue weighted by molar-refractivity contribution is -0.0704. The number of rotatable bonds is 4. The van der Waals surface area contributed by atoms with E-state index in [4.69, 9.17) is 4.74 Å². The molecule has 1 aliphatic rings. The van der Waals surface area contributed by atoms with Gasteiger partial charge in [0.05, 0.1) is 12.2 Å². The quantitative estimate of drug-likeness (QED) is 0.648. The second-order valence-electron chi connectivity index (χ2n) is 8.04. The summed E-state index contributed by atoms with van der Waals surface area (Å²) >= 11 is 0. The summed E-state index contributed by atoms with van der Waals surface area (Å²) in [5, 5.41) is 2.31. The number of fused-ring (bicyclic) bond motifs is 1. The lowest BCUT2D eigenvalue weighted by Gasteiger charge is -2.35. The Morgan fingerprint density at radius 1 is 0.966 bits per heavy atom. The number of anilines is 1. The van der Waals surface area contributed by atoms with E-state index in [1.54, 1.807) is 4.90 Å². The van der Waals surface area contributed by atoms with Crippen molar-refractivity contribution in [3.05, 3.63) is 77.9 Å². The Hall–Kier alpha value is -2.69. The third-order valence-corrected chi connectivity index (χ3v) is 5.53. The first-order chi connectivity index (χ1) is 14.0. The van der Waals surface area contributed by atoms with Gasteiger partial charge in [-0.05, 0) is 54.4 Å². The molecule has 2 atom stereocenters. The number of carbonyl (C=O) groups excluding carboxylic acids is 1. The van der Waals surface area contributed by atoms with Crippen molar-refractivity contribution in [1.82, 2.24) is 4.90 Å². The van der Waals surface area contributed by atoms with Gasteiger partial charge < -0.3 is 9.64 Å². The van der Waals surface area contributed by atoms with E-state index in [2.05, 4.69) is 55.1 Å². The molecule has 0 aliphatic carbocycles. The topological polar surface area (TPSA) is 32.8 Å². The van der Waals surface area contributed by atoms with Crippen LogP contribution in [0.5, 0.6) is 0 Å². The summed E-state index contributed by atoms with van der Waals surface area (Å²) in [6.45, 7) is 7.00. The molecule has 4 nitrogen and oxygen atoms in total. The molecule has 0 spiro atoms. The summed E-state index contributed by atoms with van der Waals surface area (Å²) in [7, 11) is 1.83. The fourth-order valence-electron chi connectivity index (χ4n) is 4.12. The van der Waals surface area contributed by atoms with Gasteiger partial charge in [0.1, 0.15) is 0 Å². The molecule has 0 radical (unpaired) electrons. The van der Waals surface area contributed by atoms with Gasteiger partial charge in [0.25, 0.3) is 5.91 Å². The van der Waals surface area contributed by atoms with Crippen molar-refractivity contribution in [2.75, 3.05) is 25.0 Å². The Bertz CT molecular complexity index is 989. The summed E-state index contributed by atoms with van der Waals surface area (Å²) in [6.07, 6.45) is 0.519. The van der Waals surface area contributed by atoms with E-state index < -0.39 is 0 Å². The zero-order valence-electron chi connectivity index (χ0n) is 17.3. The molecule has 150 valence electrons. The third kappa shape index (κ3) is 4.50. The number of ether oxygens (including phenoxy) is 1. The Kier molecular flexibility index (Phi) is 5.65. The monoisotopic (exact) mass is 388 g/mol. The number of hydrogen-bond donors (Lipinski definition) is 0. The fourth-order valence-corrected chi connectivity index (χ4v) is 4.12. The highest BCUT2D eigenvalue weighted by Crippen LogP contribution is 2.23. The van der Waals surface area contributed by atoms with Gasteiger partial charge in [-0.25, -0.2) is 0 Å². The number of carbonyl (C=O) groups is 1. The largest absolute Gasteiger partial charge is 0.373 e. The van der Waals surface area contributed by atoms with Gasteiger partial charge in [-0.15, -0.1) is 0 Å². The molecular weight excluding hydrogens is 360 g/mol. The normalized spacial score (nSPS) is 20.0. The number of amides is 1. The van der Waals surface area contributed by atoms with Gasteiger partial charge in [0, 0.05) is 37.9 Å². The van der Waals surface area contributed by atoms with Gasteiger partial charge in [-0.3, -0.25) is 9.69 Å². The second-order valence-corrected chi connectivity index (χ2v) is 8.04. The minimum Gasteiger partial charge on any atom is -0.373 e. The van der Waals surface area contributed by atoms with Crippen LogP contribution in [0.25, 0.3) is 10.8 Å². The second kappa shape index (κ2) is 8.36. The number of hydrogen-bond acceptors (Lipinski definition) is 3. The first-order valence-electron chi connectivity index (χ1n) is 10.2. The summed E-state index contributed by atoms with van der Waals surface area (Å²) < 4.78 is 5.81. The van der Waals surface area contributed by atoms with E-state index in [0.717, 1.165) is 30.7 Å². The Morgan fingerprint density at radius 2 is 1.62 bits per heavy atom. The zero-order valence-corrected chi connectivity index (χ0v) is 17.3. The van der Waals surface area contributed by atoms with Crippen molar-refractivity contribution < 1.29 is 9.53 Å². The minimum absolute atomic E-state index is 0.000415. The molecule has 3 aromatic carbocycles. The van der Waals surface area contributed by atoms with E-state index in [1.165, 1.54) is 10.9 Å². The average molecular weight is 389 g/mol. The predicted octanol–water partition coefficient (Wildman–Crippen LogP) is 4.73. The maximum absolute atomic E-state index is 13.0. The maximum Gasteiger partial charge on any atom is 0.258 e. The molecule has 29 heavy (non-hydrogen) atoms. The number of nitrogens with zero attached hydrogens (tertiary/aromatic N) is 2. The van der Waals surface area contributed by atoms with Crippen LogP contribution in [0, 0.1) is 0 Å². The Morgan fingerprint density at radius 3 is 2.31 bits per heavy atom. The number of benzene rings is 3. The molecule has 1 fully saturated rings. The van der Waals surface area contributed by atoms with E-state index in [9.17, 15) is 4.79 Å². The molecule has 3 aromatic rings. The van der Waals surface area contributed by atoms with Crippen LogP contribution in [0.3, 0.4) is 0 Å². The highest BCUT2D eigenvalue weighted by Gasteiger charge is 2.22. The predicted molar refractivity (Wildman–Crippen MR) is 118 cm³/mol. The fraction of sp³-hybridized carbons (Fsp3) is 0.320. The van der Waals surface area contributed by atoms with Gasteiger partial charge in [-0.1, -0.05) is 42.5 Å². The molecule has 1 heterocycles. The van der Waals surface area contributed by atoms with Gasteiger partial charge in [-0.2, -0.15) is 0 Å². The summed E-state index contributed by atoms with van der Waals surface area (Å²) in [5.74, 6) is 0.000415. The molecule has 1 aliphatic heterocycles. The molecule has 1 saturated heterocycles. The maximum atomic E-state index is 13.0. The first kappa shape index (κ1) is 19.6. The molecule has 1 amide bonds. The van der Waals surface area contributed by atoms with Crippen LogP contribution in [-0.4, -0.2) is 43.2 Å². The molecule has 0 N–H and O–H groups in total. The standard InChI is InChI=1S/C25H28N2O2/c1-18-15-27(16-19(2)29-18)17-20-8-10-22(11-9-20)25(28)26(3)24-13-12-21-6-4-5-7-23(21)14-24/h4-14,18-19H,15-17H2,1-3H3. The van der Waals surface area contributed by atoms with Crippen molar-refractivity contribution in [2.24, 2.45) is 0 Å². The smallest absolute Gasteiger partial charge is 0.258 e. The zero-order chi connectivity index (χ0) is 20.4. The lowest BCUT2D eigenvalue weighted by Crippen LogP contribution is -2.44. The summed E-state index contributed by atoms with van der Waals surface area (Å²) in [5.41, 5.74) is 2.82. The summed E-state index contributed by atoms with van der Waals surface area (Å²) in [6, 6.07) is 22.3. The van der Waals surface area contributed by atoms with Crippen molar-refractivity contribution >= 4 is 22.4 Å². The third-order valence-electron chi connectivity index (χ3n) is 5.53. The van der Waals surface area contributed by atoms with Crippen molar-refractivity contribution in [3.8, 4) is 0 Å². The van der Waals surface area contributed by atoms with Gasteiger partial charge >= 0.3 is 0 Å². The highest BCUT2D eigenvalue weighted by molar-refractivity contribution is 6.06.